The summed E-state index contributed by atoms with van der Waals surface area (Å²) in [6, 6.07) is 4.22. The van der Waals surface area contributed by atoms with Crippen molar-refractivity contribution < 1.29 is 5.11 Å². The molecule has 0 amide bonds. The van der Waals surface area contributed by atoms with Gasteiger partial charge in [0.05, 0.1) is 12.3 Å². The highest BCUT2D eigenvalue weighted by Gasteiger charge is 2.31. The van der Waals surface area contributed by atoms with E-state index >= 15 is 0 Å². The van der Waals surface area contributed by atoms with Gasteiger partial charge in [-0.05, 0) is 69.3 Å². The Morgan fingerprint density at radius 1 is 1.16 bits per heavy atom. The van der Waals surface area contributed by atoms with Gasteiger partial charge in [-0.15, -0.1) is 0 Å². The van der Waals surface area contributed by atoms with Crippen molar-refractivity contribution in [1.82, 2.24) is 0 Å². The number of aryl methyl sites for hydroxylation is 1. The average Bonchev–Trinajstić information content (AvgIpc) is 2.38. The van der Waals surface area contributed by atoms with E-state index in [1.807, 2.05) is 0 Å². The van der Waals surface area contributed by atoms with Gasteiger partial charge in [0, 0.05) is 20.9 Å². The summed E-state index contributed by atoms with van der Waals surface area (Å²) in [4.78, 5) is 0. The Labute approximate surface area is 132 Å². The lowest BCUT2D eigenvalue weighted by Gasteiger charge is -2.36. The third-order valence-electron chi connectivity index (χ3n) is 4.08. The molecule has 19 heavy (non-hydrogen) atoms. The summed E-state index contributed by atoms with van der Waals surface area (Å²) in [5.74, 6) is 0. The summed E-state index contributed by atoms with van der Waals surface area (Å²) in [6.07, 6.45) is 6.02. The first kappa shape index (κ1) is 15.3. The van der Waals surface area contributed by atoms with E-state index in [4.69, 9.17) is 0 Å². The number of hydrogen-bond donors (Lipinski definition) is 2. The Kier molecular flexibility index (Phi) is 5.32. The summed E-state index contributed by atoms with van der Waals surface area (Å²) in [6.45, 7) is 3.19. The van der Waals surface area contributed by atoms with Crippen LogP contribution >= 0.6 is 31.9 Å². The molecule has 2 nitrogen and oxygen atoms in total. The number of rotatable bonds is 4. The van der Waals surface area contributed by atoms with E-state index in [1.165, 1.54) is 24.8 Å². The van der Waals surface area contributed by atoms with Gasteiger partial charge in [0.25, 0.3) is 0 Å². The maximum Gasteiger partial charge on any atom is 0.0629 e. The zero-order valence-electron chi connectivity index (χ0n) is 11.3. The van der Waals surface area contributed by atoms with Crippen LogP contribution in [0.5, 0.6) is 0 Å². The Bertz CT molecular complexity index is 419. The molecule has 0 unspecified atom stereocenters. The molecule has 1 aromatic rings. The van der Waals surface area contributed by atoms with Crippen LogP contribution in [0.4, 0.5) is 5.69 Å². The van der Waals surface area contributed by atoms with Gasteiger partial charge in [0.2, 0.25) is 0 Å². The molecule has 1 fully saturated rings. The fraction of sp³-hybridized carbons (Fsp3) is 0.600. The number of hydrogen-bond acceptors (Lipinski definition) is 2. The van der Waals surface area contributed by atoms with E-state index in [2.05, 4.69) is 56.2 Å². The second-order valence-corrected chi connectivity index (χ2v) is 7.38. The lowest BCUT2D eigenvalue weighted by molar-refractivity contribution is 0.0944. The summed E-state index contributed by atoms with van der Waals surface area (Å²) >= 11 is 7.21. The van der Waals surface area contributed by atoms with Crippen molar-refractivity contribution in [1.29, 1.82) is 0 Å². The predicted molar refractivity (Wildman–Crippen MR) is 87.7 cm³/mol. The first-order valence-corrected chi connectivity index (χ1v) is 8.45. The smallest absolute Gasteiger partial charge is 0.0629 e. The fourth-order valence-electron chi connectivity index (χ4n) is 2.84. The third kappa shape index (κ3) is 3.73. The molecule has 2 rings (SSSR count). The molecule has 1 aliphatic carbocycles. The summed E-state index contributed by atoms with van der Waals surface area (Å²) in [7, 11) is 0. The van der Waals surface area contributed by atoms with Crippen LogP contribution in [-0.2, 0) is 0 Å². The van der Waals surface area contributed by atoms with Crippen LogP contribution in [0.2, 0.25) is 0 Å². The van der Waals surface area contributed by atoms with Crippen LogP contribution in [0, 0.1) is 12.3 Å². The predicted octanol–water partition coefficient (Wildman–Crippen LogP) is 4.87. The molecule has 2 N–H and O–H groups in total. The SMILES string of the molecule is Cc1cc(Br)c(NCC2(CO)CCCCC2)c(Br)c1. The molecule has 0 aromatic heterocycles. The van der Waals surface area contributed by atoms with Crippen LogP contribution in [0.1, 0.15) is 37.7 Å². The molecule has 1 saturated carbocycles. The van der Waals surface area contributed by atoms with Crippen molar-refractivity contribution in [3.8, 4) is 0 Å². The highest BCUT2D eigenvalue weighted by atomic mass is 79.9. The van der Waals surface area contributed by atoms with Gasteiger partial charge in [0.1, 0.15) is 0 Å². The van der Waals surface area contributed by atoms with Gasteiger partial charge in [-0.25, -0.2) is 0 Å². The van der Waals surface area contributed by atoms with Crippen molar-refractivity contribution in [2.45, 2.75) is 39.0 Å². The normalized spacial score (nSPS) is 18.3. The number of aliphatic hydroxyl groups excluding tert-OH is 1. The van der Waals surface area contributed by atoms with E-state index in [0.717, 1.165) is 34.0 Å². The first-order chi connectivity index (χ1) is 9.06. The second-order valence-electron chi connectivity index (χ2n) is 5.68. The highest BCUT2D eigenvalue weighted by Crippen LogP contribution is 2.38. The minimum atomic E-state index is 0.0576. The Morgan fingerprint density at radius 2 is 1.74 bits per heavy atom. The minimum Gasteiger partial charge on any atom is -0.396 e. The molecule has 1 aliphatic rings. The molecular formula is C15H21Br2NO. The molecule has 0 radical (unpaired) electrons. The molecule has 0 atom stereocenters. The van der Waals surface area contributed by atoms with E-state index in [9.17, 15) is 5.11 Å². The van der Waals surface area contributed by atoms with Crippen LogP contribution in [-0.4, -0.2) is 18.3 Å². The van der Waals surface area contributed by atoms with Crippen molar-refractivity contribution in [2.24, 2.45) is 5.41 Å². The Hall–Kier alpha value is -0.0600. The minimum absolute atomic E-state index is 0.0576. The van der Waals surface area contributed by atoms with E-state index in [1.54, 1.807) is 0 Å². The number of nitrogens with one attached hydrogen (secondary N) is 1. The van der Waals surface area contributed by atoms with E-state index in [0.29, 0.717) is 0 Å². The number of anilines is 1. The molecule has 0 bridgehead atoms. The molecule has 0 heterocycles. The zero-order chi connectivity index (χ0) is 13.9. The monoisotopic (exact) mass is 389 g/mol. The number of benzene rings is 1. The molecule has 0 spiro atoms. The fourth-order valence-corrected chi connectivity index (χ4v) is 4.53. The topological polar surface area (TPSA) is 32.3 Å². The summed E-state index contributed by atoms with van der Waals surface area (Å²) in [5, 5.41) is 13.3. The van der Waals surface area contributed by atoms with Crippen LogP contribution in [0.25, 0.3) is 0 Å². The standard InChI is InChI=1S/C15H21Br2NO/c1-11-7-12(16)14(13(17)8-11)18-9-15(10-19)5-3-2-4-6-15/h7-8,18-19H,2-6,9-10H2,1H3. The maximum absolute atomic E-state index is 9.74. The second kappa shape index (κ2) is 6.59. The molecule has 0 aliphatic heterocycles. The highest BCUT2D eigenvalue weighted by molar-refractivity contribution is 9.11. The van der Waals surface area contributed by atoms with Crippen LogP contribution < -0.4 is 5.32 Å². The Balaban J connectivity index is 2.09. The van der Waals surface area contributed by atoms with Gasteiger partial charge in [0.15, 0.2) is 0 Å². The number of aliphatic hydroxyl groups is 1. The maximum atomic E-state index is 9.74. The number of halogens is 2. The van der Waals surface area contributed by atoms with Crippen molar-refractivity contribution in [2.75, 3.05) is 18.5 Å². The Morgan fingerprint density at radius 3 is 2.26 bits per heavy atom. The molecule has 1 aromatic carbocycles. The van der Waals surface area contributed by atoms with Gasteiger partial charge < -0.3 is 10.4 Å². The lowest BCUT2D eigenvalue weighted by Crippen LogP contribution is -2.35. The molecule has 4 heteroatoms. The van der Waals surface area contributed by atoms with Crippen LogP contribution in [0.15, 0.2) is 21.1 Å². The van der Waals surface area contributed by atoms with Crippen molar-refractivity contribution >= 4 is 37.5 Å². The summed E-state index contributed by atoms with van der Waals surface area (Å²) < 4.78 is 2.14. The van der Waals surface area contributed by atoms with Crippen molar-refractivity contribution in [3.63, 3.8) is 0 Å². The largest absolute Gasteiger partial charge is 0.396 e. The lowest BCUT2D eigenvalue weighted by atomic mass is 9.74. The summed E-state index contributed by atoms with van der Waals surface area (Å²) in [5.41, 5.74) is 2.37. The molecule has 0 saturated heterocycles. The van der Waals surface area contributed by atoms with Gasteiger partial charge in [-0.1, -0.05) is 19.3 Å². The van der Waals surface area contributed by atoms with Crippen LogP contribution in [0.3, 0.4) is 0 Å². The average molecular weight is 391 g/mol. The third-order valence-corrected chi connectivity index (χ3v) is 5.33. The van der Waals surface area contributed by atoms with E-state index < -0.39 is 0 Å². The zero-order valence-corrected chi connectivity index (χ0v) is 14.5. The molecular weight excluding hydrogens is 370 g/mol. The van der Waals surface area contributed by atoms with Gasteiger partial charge in [-0.3, -0.25) is 0 Å². The van der Waals surface area contributed by atoms with Gasteiger partial charge in [-0.2, -0.15) is 0 Å². The van der Waals surface area contributed by atoms with Gasteiger partial charge >= 0.3 is 0 Å². The molecule has 106 valence electrons. The van der Waals surface area contributed by atoms with E-state index in [-0.39, 0.29) is 12.0 Å². The quantitative estimate of drug-likeness (QED) is 0.768. The first-order valence-electron chi connectivity index (χ1n) is 6.87. The van der Waals surface area contributed by atoms with Crippen molar-refractivity contribution in [3.05, 3.63) is 26.6 Å².